The lowest BCUT2D eigenvalue weighted by Crippen LogP contribution is -2.41. The van der Waals surface area contributed by atoms with Crippen LogP contribution in [0.25, 0.3) is 0 Å². The summed E-state index contributed by atoms with van der Waals surface area (Å²) in [6.45, 7) is 7.40. The minimum Gasteiger partial charge on any atom is -0.497 e. The zero-order valence-electron chi connectivity index (χ0n) is 16.9. The normalized spacial score (nSPS) is 12.1. The number of rotatable bonds is 7. The van der Waals surface area contributed by atoms with E-state index in [0.717, 1.165) is 28.8 Å². The van der Waals surface area contributed by atoms with Gasteiger partial charge in [-0.25, -0.2) is 0 Å². The molecule has 0 amide bonds. The molecule has 0 saturated carbocycles. The van der Waals surface area contributed by atoms with Crippen molar-refractivity contribution in [2.75, 3.05) is 20.7 Å². The Labute approximate surface area is 178 Å². The van der Waals surface area contributed by atoms with E-state index in [4.69, 9.17) is 9.47 Å². The SMILES string of the molecule is CN=C(NCc1c(C)nn(C)c1C)NCC(C)Oc1cccc(OC)c1.I. The largest absolute Gasteiger partial charge is 0.497 e. The van der Waals surface area contributed by atoms with E-state index in [1.807, 2.05) is 49.8 Å². The summed E-state index contributed by atoms with van der Waals surface area (Å²) in [7, 11) is 5.35. The first-order valence-electron chi connectivity index (χ1n) is 8.69. The van der Waals surface area contributed by atoms with Crippen LogP contribution in [-0.2, 0) is 13.6 Å². The third-order valence-corrected chi connectivity index (χ3v) is 4.25. The van der Waals surface area contributed by atoms with Gasteiger partial charge in [0.2, 0.25) is 0 Å². The molecule has 0 aliphatic rings. The maximum atomic E-state index is 5.92. The fourth-order valence-electron chi connectivity index (χ4n) is 2.65. The molecule has 2 N–H and O–H groups in total. The minimum atomic E-state index is -0.0254. The number of nitrogens with zero attached hydrogens (tertiary/aromatic N) is 3. The van der Waals surface area contributed by atoms with Crippen LogP contribution in [0.3, 0.4) is 0 Å². The van der Waals surface area contributed by atoms with Gasteiger partial charge in [-0.2, -0.15) is 5.10 Å². The molecule has 0 fully saturated rings. The first-order valence-corrected chi connectivity index (χ1v) is 8.69. The molecular weight excluding hydrogens is 457 g/mol. The van der Waals surface area contributed by atoms with Gasteiger partial charge in [0.1, 0.15) is 17.6 Å². The summed E-state index contributed by atoms with van der Waals surface area (Å²) in [6.07, 6.45) is -0.0254. The van der Waals surface area contributed by atoms with E-state index in [1.165, 1.54) is 5.56 Å². The van der Waals surface area contributed by atoms with Crippen molar-refractivity contribution in [3.8, 4) is 11.5 Å². The summed E-state index contributed by atoms with van der Waals surface area (Å²) >= 11 is 0. The topological polar surface area (TPSA) is 72.7 Å². The summed E-state index contributed by atoms with van der Waals surface area (Å²) in [5.41, 5.74) is 3.37. The number of guanidine groups is 1. The van der Waals surface area contributed by atoms with Crippen molar-refractivity contribution >= 4 is 29.9 Å². The average Bonchev–Trinajstić information content (AvgIpc) is 2.87. The van der Waals surface area contributed by atoms with Crippen LogP contribution >= 0.6 is 24.0 Å². The van der Waals surface area contributed by atoms with E-state index in [1.54, 1.807) is 14.2 Å². The van der Waals surface area contributed by atoms with Crippen LogP contribution in [0.2, 0.25) is 0 Å². The van der Waals surface area contributed by atoms with Crippen molar-refractivity contribution in [1.82, 2.24) is 20.4 Å². The van der Waals surface area contributed by atoms with E-state index < -0.39 is 0 Å². The monoisotopic (exact) mass is 487 g/mol. The minimum absolute atomic E-state index is 0. The first kappa shape index (κ1) is 23.1. The zero-order valence-corrected chi connectivity index (χ0v) is 19.2. The third kappa shape index (κ3) is 6.60. The van der Waals surface area contributed by atoms with Crippen molar-refractivity contribution in [3.05, 3.63) is 41.2 Å². The predicted molar refractivity (Wildman–Crippen MR) is 119 cm³/mol. The van der Waals surface area contributed by atoms with Crippen LogP contribution in [0.15, 0.2) is 29.3 Å². The second-order valence-electron chi connectivity index (χ2n) is 6.19. The Bertz CT molecular complexity index is 761. The molecule has 0 spiro atoms. The summed E-state index contributed by atoms with van der Waals surface area (Å²) in [5, 5.41) is 11.1. The average molecular weight is 487 g/mol. The molecule has 1 unspecified atom stereocenters. The summed E-state index contributed by atoms with van der Waals surface area (Å²) in [5.74, 6) is 2.29. The highest BCUT2D eigenvalue weighted by molar-refractivity contribution is 14.0. The molecule has 0 radical (unpaired) electrons. The highest BCUT2D eigenvalue weighted by atomic mass is 127. The van der Waals surface area contributed by atoms with Gasteiger partial charge in [-0.05, 0) is 32.9 Å². The van der Waals surface area contributed by atoms with Crippen LogP contribution in [-0.4, -0.2) is 42.5 Å². The first-order chi connectivity index (χ1) is 12.4. The van der Waals surface area contributed by atoms with Gasteiger partial charge in [-0.1, -0.05) is 6.07 Å². The van der Waals surface area contributed by atoms with Gasteiger partial charge in [0, 0.05) is 38.0 Å². The molecule has 8 heteroatoms. The third-order valence-electron chi connectivity index (χ3n) is 4.25. The summed E-state index contributed by atoms with van der Waals surface area (Å²) in [6, 6.07) is 7.59. The molecule has 27 heavy (non-hydrogen) atoms. The van der Waals surface area contributed by atoms with Gasteiger partial charge in [0.05, 0.1) is 19.3 Å². The standard InChI is InChI=1S/C19H29N5O2.HI/c1-13(26-17-9-7-8-16(10-17)25-6)11-21-19(20-4)22-12-18-14(2)23-24(5)15(18)3;/h7-10,13H,11-12H2,1-6H3,(H2,20,21,22);1H. The van der Waals surface area contributed by atoms with Crippen molar-refractivity contribution in [1.29, 1.82) is 0 Å². The number of methoxy groups -OCH3 is 1. The van der Waals surface area contributed by atoms with Gasteiger partial charge in [-0.3, -0.25) is 9.67 Å². The van der Waals surface area contributed by atoms with Crippen LogP contribution in [0.5, 0.6) is 11.5 Å². The lowest BCUT2D eigenvalue weighted by molar-refractivity contribution is 0.223. The molecule has 2 aromatic rings. The van der Waals surface area contributed by atoms with E-state index in [9.17, 15) is 0 Å². The fourth-order valence-corrected chi connectivity index (χ4v) is 2.65. The molecule has 7 nitrogen and oxygen atoms in total. The highest BCUT2D eigenvalue weighted by Crippen LogP contribution is 2.19. The lowest BCUT2D eigenvalue weighted by atomic mass is 10.2. The quantitative estimate of drug-likeness (QED) is 0.357. The number of hydrogen-bond donors (Lipinski definition) is 2. The maximum absolute atomic E-state index is 5.92. The number of hydrogen-bond acceptors (Lipinski definition) is 4. The van der Waals surface area contributed by atoms with Crippen molar-refractivity contribution in [3.63, 3.8) is 0 Å². The van der Waals surface area contributed by atoms with Gasteiger partial charge >= 0.3 is 0 Å². The fraction of sp³-hybridized carbons (Fsp3) is 0.474. The number of aliphatic imine (C=N–C) groups is 1. The second kappa shape index (κ2) is 11.0. The Morgan fingerprint density at radius 1 is 1.26 bits per heavy atom. The Morgan fingerprint density at radius 3 is 2.56 bits per heavy atom. The van der Waals surface area contributed by atoms with E-state index >= 15 is 0 Å². The van der Waals surface area contributed by atoms with Crippen LogP contribution < -0.4 is 20.1 Å². The molecule has 0 aliphatic carbocycles. The molecule has 150 valence electrons. The Balaban J connectivity index is 0.00000364. The van der Waals surface area contributed by atoms with Crippen LogP contribution in [0, 0.1) is 13.8 Å². The molecule has 1 aromatic heterocycles. The summed E-state index contributed by atoms with van der Waals surface area (Å²) in [4.78, 5) is 4.27. The van der Waals surface area contributed by atoms with Crippen molar-refractivity contribution in [2.45, 2.75) is 33.4 Å². The smallest absolute Gasteiger partial charge is 0.191 e. The van der Waals surface area contributed by atoms with E-state index in [0.29, 0.717) is 13.1 Å². The van der Waals surface area contributed by atoms with E-state index in [-0.39, 0.29) is 30.1 Å². The number of ether oxygens (including phenoxy) is 2. The maximum Gasteiger partial charge on any atom is 0.191 e. The van der Waals surface area contributed by atoms with Gasteiger partial charge in [0.25, 0.3) is 0 Å². The van der Waals surface area contributed by atoms with E-state index in [2.05, 4.69) is 27.6 Å². The number of halogens is 1. The Morgan fingerprint density at radius 2 is 1.96 bits per heavy atom. The predicted octanol–water partition coefficient (Wildman–Crippen LogP) is 2.80. The molecule has 2 rings (SSSR count). The molecule has 0 bridgehead atoms. The second-order valence-corrected chi connectivity index (χ2v) is 6.19. The molecular formula is C19H30IN5O2. The number of aromatic nitrogens is 2. The van der Waals surface area contributed by atoms with Gasteiger partial charge in [0.15, 0.2) is 5.96 Å². The van der Waals surface area contributed by atoms with Crippen LogP contribution in [0.1, 0.15) is 23.9 Å². The molecule has 1 heterocycles. The molecule has 0 saturated heterocycles. The zero-order chi connectivity index (χ0) is 19.1. The number of nitrogens with one attached hydrogen (secondary N) is 2. The number of aryl methyl sites for hydroxylation is 2. The highest BCUT2D eigenvalue weighted by Gasteiger charge is 2.11. The Hall–Kier alpha value is -1.97. The van der Waals surface area contributed by atoms with Crippen molar-refractivity contribution < 1.29 is 9.47 Å². The lowest BCUT2D eigenvalue weighted by Gasteiger charge is -2.18. The Kier molecular flexibility index (Phi) is 9.40. The summed E-state index contributed by atoms with van der Waals surface area (Å²) < 4.78 is 13.0. The molecule has 0 aliphatic heterocycles. The van der Waals surface area contributed by atoms with Gasteiger partial charge < -0.3 is 20.1 Å². The van der Waals surface area contributed by atoms with Crippen LogP contribution in [0.4, 0.5) is 0 Å². The van der Waals surface area contributed by atoms with Gasteiger partial charge in [-0.15, -0.1) is 24.0 Å². The number of benzene rings is 1. The van der Waals surface area contributed by atoms with Crippen molar-refractivity contribution in [2.24, 2.45) is 12.0 Å². The molecule has 1 aromatic carbocycles. The molecule has 1 atom stereocenters.